The van der Waals surface area contributed by atoms with Crippen molar-refractivity contribution in [1.29, 1.82) is 0 Å². The van der Waals surface area contributed by atoms with E-state index < -0.39 is 0 Å². The van der Waals surface area contributed by atoms with Gasteiger partial charge in [-0.05, 0) is 12.2 Å². The normalized spacial score (nSPS) is 8.33. The molecule has 0 spiro atoms. The molecule has 0 bridgehead atoms. The molecule has 0 aromatic heterocycles. The van der Waals surface area contributed by atoms with Crippen LogP contribution in [0.3, 0.4) is 0 Å². The van der Waals surface area contributed by atoms with Crippen molar-refractivity contribution >= 4 is 5.78 Å². The van der Waals surface area contributed by atoms with Gasteiger partial charge >= 0.3 is 0 Å². The molecule has 0 aromatic rings. The molecule has 0 saturated carbocycles. The Hall–Kier alpha value is -0.410. The maximum Gasteiger partial charge on any atom is 0.158 e. The smallest absolute Gasteiger partial charge is 0.158 e. The second-order valence-corrected chi connectivity index (χ2v) is 0.964. The Balaban J connectivity index is 2.83. The minimum Gasteiger partial charge on any atom is -0.297 e. The molecule has 3 heteroatoms. The Labute approximate surface area is 35.5 Å². The second kappa shape index (κ2) is 2.81. The summed E-state index contributed by atoms with van der Waals surface area (Å²) in [5.41, 5.74) is 0. The van der Waals surface area contributed by atoms with E-state index in [0.717, 1.165) is 0 Å². The predicted octanol–water partition coefficient (Wildman–Crippen LogP) is -0.0625. The van der Waals surface area contributed by atoms with Crippen LogP contribution in [0.1, 0.15) is 6.92 Å². The van der Waals surface area contributed by atoms with Gasteiger partial charge in [0.1, 0.15) is 6.61 Å². The third-order valence-corrected chi connectivity index (χ3v) is 0.262. The molecular formula is C3H5O3. The van der Waals surface area contributed by atoms with Crippen LogP contribution in [0.15, 0.2) is 0 Å². The molecule has 3 nitrogen and oxygen atoms in total. The largest absolute Gasteiger partial charge is 0.297 e. The molecule has 0 heterocycles. The Morgan fingerprint density at radius 2 is 2.33 bits per heavy atom. The van der Waals surface area contributed by atoms with Crippen molar-refractivity contribution in [3.8, 4) is 0 Å². The van der Waals surface area contributed by atoms with Gasteiger partial charge < -0.3 is 0 Å². The van der Waals surface area contributed by atoms with Crippen molar-refractivity contribution in [2.24, 2.45) is 0 Å². The number of hydrogen-bond acceptors (Lipinski definition) is 2. The Kier molecular flexibility index (Phi) is 2.62. The summed E-state index contributed by atoms with van der Waals surface area (Å²) in [6.45, 7) is 0.970. The van der Waals surface area contributed by atoms with Crippen molar-refractivity contribution in [3.63, 3.8) is 0 Å². The van der Waals surface area contributed by atoms with E-state index in [1.807, 2.05) is 0 Å². The summed E-state index contributed by atoms with van der Waals surface area (Å²) in [6, 6.07) is 0. The first-order valence-corrected chi connectivity index (χ1v) is 1.51. The molecular weight excluding hydrogens is 84.0 g/mol. The zero-order valence-corrected chi connectivity index (χ0v) is 3.43. The van der Waals surface area contributed by atoms with E-state index >= 15 is 0 Å². The van der Waals surface area contributed by atoms with Gasteiger partial charge in [-0.3, -0.25) is 4.79 Å². The summed E-state index contributed by atoms with van der Waals surface area (Å²) in [5, 5.41) is 9.02. The molecule has 0 fully saturated rings. The lowest BCUT2D eigenvalue weighted by atomic mass is 10.5. The van der Waals surface area contributed by atoms with Crippen molar-refractivity contribution in [1.82, 2.24) is 0 Å². The van der Waals surface area contributed by atoms with E-state index in [1.165, 1.54) is 6.92 Å². The Bertz CT molecular complexity index is 50.0. The van der Waals surface area contributed by atoms with Crippen LogP contribution in [-0.4, -0.2) is 12.4 Å². The monoisotopic (exact) mass is 89.0 g/mol. The lowest BCUT2D eigenvalue weighted by molar-refractivity contribution is -0.296. The van der Waals surface area contributed by atoms with E-state index in [1.54, 1.807) is 0 Å². The molecule has 0 saturated heterocycles. The fourth-order valence-corrected chi connectivity index (χ4v) is 0.0830. The van der Waals surface area contributed by atoms with Crippen molar-refractivity contribution < 1.29 is 14.9 Å². The molecule has 0 aliphatic heterocycles. The van der Waals surface area contributed by atoms with E-state index in [9.17, 15) is 4.79 Å². The third kappa shape index (κ3) is 3.59. The fourth-order valence-electron chi connectivity index (χ4n) is 0.0830. The summed E-state index contributed by atoms with van der Waals surface area (Å²) in [4.78, 5) is 12.9. The van der Waals surface area contributed by atoms with Gasteiger partial charge in [0.15, 0.2) is 5.78 Å². The predicted molar refractivity (Wildman–Crippen MR) is 17.3 cm³/mol. The number of hydrogen-bond donors (Lipinski definition) is 0. The standard InChI is InChI=1S/C3H5O3/c1-3(4)2-6-5/h2H2,1H3. The summed E-state index contributed by atoms with van der Waals surface area (Å²) < 4.78 is 0. The van der Waals surface area contributed by atoms with E-state index in [4.69, 9.17) is 5.26 Å². The SMILES string of the molecule is CC(=O)CO[O]. The molecule has 0 aromatic carbocycles. The van der Waals surface area contributed by atoms with Crippen LogP contribution in [0.2, 0.25) is 0 Å². The quantitative estimate of drug-likeness (QED) is 0.351. The number of rotatable bonds is 2. The first kappa shape index (κ1) is 5.59. The van der Waals surface area contributed by atoms with Crippen molar-refractivity contribution in [3.05, 3.63) is 0 Å². The number of Topliss-reactive ketones (excluding diaryl/α,β-unsaturated/α-hetero) is 1. The zero-order chi connectivity index (χ0) is 4.99. The van der Waals surface area contributed by atoms with Crippen LogP contribution < -0.4 is 0 Å². The van der Waals surface area contributed by atoms with Gasteiger partial charge in [-0.2, -0.15) is 4.89 Å². The molecule has 0 amide bonds. The summed E-state index contributed by atoms with van der Waals surface area (Å²) in [6.07, 6.45) is 0. The Morgan fingerprint density at radius 3 is 2.33 bits per heavy atom. The highest BCUT2D eigenvalue weighted by Crippen LogP contribution is 1.66. The second-order valence-electron chi connectivity index (χ2n) is 0.964. The molecule has 35 valence electrons. The maximum atomic E-state index is 9.72. The van der Waals surface area contributed by atoms with Crippen LogP contribution in [0.25, 0.3) is 0 Å². The lowest BCUT2D eigenvalue weighted by Crippen LogP contribution is -1.98. The Morgan fingerprint density at radius 1 is 1.83 bits per heavy atom. The fraction of sp³-hybridized carbons (Fsp3) is 0.667. The van der Waals surface area contributed by atoms with Gasteiger partial charge in [0.05, 0.1) is 0 Å². The highest BCUT2D eigenvalue weighted by molar-refractivity contribution is 5.76. The van der Waals surface area contributed by atoms with Gasteiger partial charge in [0, 0.05) is 0 Å². The molecule has 0 N–H and O–H groups in total. The van der Waals surface area contributed by atoms with Crippen LogP contribution in [0.5, 0.6) is 0 Å². The minimum atomic E-state index is -0.319. The van der Waals surface area contributed by atoms with E-state index in [2.05, 4.69) is 4.89 Å². The van der Waals surface area contributed by atoms with Gasteiger partial charge in [0.2, 0.25) is 0 Å². The molecule has 1 radical (unpaired) electrons. The summed E-state index contributed by atoms with van der Waals surface area (Å²) in [5.74, 6) is -0.245. The number of carbonyl (C=O) groups excluding carboxylic acids is 1. The average molecular weight is 89.1 g/mol. The number of ketones is 1. The highest BCUT2D eigenvalue weighted by atomic mass is 17.1. The lowest BCUT2D eigenvalue weighted by Gasteiger charge is -1.79. The van der Waals surface area contributed by atoms with Gasteiger partial charge in [-0.1, -0.05) is 0 Å². The first-order chi connectivity index (χ1) is 2.77. The van der Waals surface area contributed by atoms with Crippen molar-refractivity contribution in [2.75, 3.05) is 6.61 Å². The molecule has 0 aliphatic carbocycles. The average Bonchev–Trinajstić information content (AvgIpc) is 1.35. The molecule has 0 aliphatic rings. The highest BCUT2D eigenvalue weighted by Gasteiger charge is 1.87. The van der Waals surface area contributed by atoms with Gasteiger partial charge in [-0.15, -0.1) is 0 Å². The topological polar surface area (TPSA) is 46.2 Å². The minimum absolute atomic E-state index is 0.245. The van der Waals surface area contributed by atoms with Crippen LogP contribution in [0.4, 0.5) is 0 Å². The van der Waals surface area contributed by atoms with Crippen LogP contribution in [-0.2, 0) is 14.9 Å². The van der Waals surface area contributed by atoms with Crippen LogP contribution in [0, 0.1) is 0 Å². The zero-order valence-electron chi connectivity index (χ0n) is 3.43. The molecule has 6 heavy (non-hydrogen) atoms. The maximum absolute atomic E-state index is 9.72. The van der Waals surface area contributed by atoms with Crippen molar-refractivity contribution in [2.45, 2.75) is 6.92 Å². The van der Waals surface area contributed by atoms with E-state index in [-0.39, 0.29) is 12.4 Å². The summed E-state index contributed by atoms with van der Waals surface area (Å²) >= 11 is 0. The van der Waals surface area contributed by atoms with Crippen LogP contribution >= 0.6 is 0 Å². The number of carbonyl (C=O) groups is 1. The third-order valence-electron chi connectivity index (χ3n) is 0.262. The first-order valence-electron chi connectivity index (χ1n) is 1.51. The summed E-state index contributed by atoms with van der Waals surface area (Å²) in [7, 11) is 0. The van der Waals surface area contributed by atoms with Gasteiger partial charge in [0.25, 0.3) is 0 Å². The molecule has 0 rings (SSSR count). The molecule has 0 atom stereocenters. The van der Waals surface area contributed by atoms with E-state index in [0.29, 0.717) is 0 Å². The van der Waals surface area contributed by atoms with Gasteiger partial charge in [-0.25, -0.2) is 0 Å². The molecule has 0 unspecified atom stereocenters.